The van der Waals surface area contributed by atoms with Crippen LogP contribution in [0.2, 0.25) is 0 Å². The Hall–Kier alpha value is -3.26. The van der Waals surface area contributed by atoms with Gasteiger partial charge in [0.15, 0.2) is 11.5 Å². The molecule has 1 aliphatic rings. The van der Waals surface area contributed by atoms with Crippen molar-refractivity contribution in [3.05, 3.63) is 64.6 Å². The second-order valence-electron chi connectivity index (χ2n) is 7.03. The summed E-state index contributed by atoms with van der Waals surface area (Å²) >= 11 is 0.899. The minimum atomic E-state index is -0.357. The number of rotatable bonds is 8. The van der Waals surface area contributed by atoms with E-state index in [4.69, 9.17) is 9.47 Å². The third-order valence-corrected chi connectivity index (χ3v) is 5.29. The normalized spacial score (nSPS) is 15.0. The number of nitrogens with one attached hydrogen (secondary N) is 1. The Kier molecular flexibility index (Phi) is 7.36. The van der Waals surface area contributed by atoms with E-state index in [0.717, 1.165) is 22.2 Å². The first kappa shape index (κ1) is 22.4. The summed E-state index contributed by atoms with van der Waals surface area (Å²) in [5, 5.41) is 2.38. The zero-order valence-electron chi connectivity index (χ0n) is 17.6. The van der Waals surface area contributed by atoms with Gasteiger partial charge in [-0.25, -0.2) is 0 Å². The molecule has 1 saturated heterocycles. The van der Waals surface area contributed by atoms with Gasteiger partial charge in [0.1, 0.15) is 0 Å². The van der Waals surface area contributed by atoms with Gasteiger partial charge in [-0.15, -0.1) is 0 Å². The Morgan fingerprint density at radius 3 is 2.55 bits per heavy atom. The average molecular weight is 441 g/mol. The predicted molar refractivity (Wildman–Crippen MR) is 120 cm³/mol. The molecule has 7 nitrogen and oxygen atoms in total. The van der Waals surface area contributed by atoms with Gasteiger partial charge < -0.3 is 14.8 Å². The zero-order chi connectivity index (χ0) is 22.4. The molecule has 1 heterocycles. The van der Waals surface area contributed by atoms with Crippen LogP contribution in [0.1, 0.15) is 29.8 Å². The van der Waals surface area contributed by atoms with E-state index < -0.39 is 0 Å². The third kappa shape index (κ3) is 5.67. The molecule has 0 bridgehead atoms. The van der Waals surface area contributed by atoms with Crippen molar-refractivity contribution in [1.29, 1.82) is 0 Å². The van der Waals surface area contributed by atoms with Crippen LogP contribution in [0, 0.1) is 0 Å². The van der Waals surface area contributed by atoms with Crippen LogP contribution in [0.15, 0.2) is 53.4 Å². The van der Waals surface area contributed by atoms with Gasteiger partial charge in [0.25, 0.3) is 17.1 Å². The van der Waals surface area contributed by atoms with Gasteiger partial charge in [-0.1, -0.05) is 30.3 Å². The highest BCUT2D eigenvalue weighted by molar-refractivity contribution is 8.18. The second kappa shape index (κ2) is 10.2. The van der Waals surface area contributed by atoms with E-state index in [1.165, 1.54) is 7.11 Å². The molecule has 1 aliphatic heterocycles. The highest BCUT2D eigenvalue weighted by Crippen LogP contribution is 2.32. The lowest BCUT2D eigenvalue weighted by Gasteiger charge is -2.15. The molecule has 0 spiro atoms. The maximum atomic E-state index is 12.5. The standard InChI is InChI=1S/C23H24N2O5S/c1-15(2)30-18-10-9-17(14-19(18)29-3)21(26)24-11-12-25-22(27)20(31-23(25)28)13-16-7-5-4-6-8-16/h4-10,13-15H,11-12H2,1-3H3,(H,24,26)/b20-13-. The lowest BCUT2D eigenvalue weighted by atomic mass is 10.2. The molecule has 31 heavy (non-hydrogen) atoms. The van der Waals surface area contributed by atoms with Crippen LogP contribution in [-0.4, -0.2) is 48.3 Å². The Morgan fingerprint density at radius 1 is 1.13 bits per heavy atom. The van der Waals surface area contributed by atoms with Crippen molar-refractivity contribution >= 4 is 34.9 Å². The number of hydrogen-bond donors (Lipinski definition) is 1. The minimum absolute atomic E-state index is 0.0252. The fourth-order valence-electron chi connectivity index (χ4n) is 2.94. The molecule has 0 aliphatic carbocycles. The first-order valence-corrected chi connectivity index (χ1v) is 10.6. The summed E-state index contributed by atoms with van der Waals surface area (Å²) in [5.74, 6) is 0.321. The fourth-order valence-corrected chi connectivity index (χ4v) is 3.80. The third-order valence-electron chi connectivity index (χ3n) is 4.38. The van der Waals surface area contributed by atoms with Crippen molar-refractivity contribution in [3.63, 3.8) is 0 Å². The molecule has 0 unspecified atom stereocenters. The lowest BCUT2D eigenvalue weighted by Crippen LogP contribution is -2.37. The molecular formula is C23H24N2O5S. The summed E-state index contributed by atoms with van der Waals surface area (Å²) in [6.07, 6.45) is 1.67. The van der Waals surface area contributed by atoms with Gasteiger partial charge >= 0.3 is 0 Å². The number of nitrogens with zero attached hydrogens (tertiary/aromatic N) is 1. The van der Waals surface area contributed by atoms with Gasteiger partial charge in [-0.3, -0.25) is 19.3 Å². The summed E-state index contributed by atoms with van der Waals surface area (Å²) in [7, 11) is 1.51. The molecule has 0 radical (unpaired) electrons. The quantitative estimate of drug-likeness (QED) is 0.626. The number of carbonyl (C=O) groups excluding carboxylic acids is 3. The van der Waals surface area contributed by atoms with E-state index in [1.54, 1.807) is 24.3 Å². The average Bonchev–Trinajstić information content (AvgIpc) is 3.01. The molecular weight excluding hydrogens is 416 g/mol. The van der Waals surface area contributed by atoms with Gasteiger partial charge in [-0.05, 0) is 55.4 Å². The smallest absolute Gasteiger partial charge is 0.293 e. The molecule has 162 valence electrons. The Balaban J connectivity index is 1.58. The fraction of sp³-hybridized carbons (Fsp3) is 0.261. The van der Waals surface area contributed by atoms with Gasteiger partial charge in [0.05, 0.1) is 18.1 Å². The van der Waals surface area contributed by atoms with Gasteiger partial charge in [-0.2, -0.15) is 0 Å². The number of imide groups is 1. The topological polar surface area (TPSA) is 84.9 Å². The number of hydrogen-bond acceptors (Lipinski definition) is 6. The number of thioether (sulfide) groups is 1. The zero-order valence-corrected chi connectivity index (χ0v) is 18.4. The molecule has 2 aromatic rings. The van der Waals surface area contributed by atoms with Crippen LogP contribution in [0.4, 0.5) is 4.79 Å². The van der Waals surface area contributed by atoms with Crippen LogP contribution in [0.3, 0.4) is 0 Å². The van der Waals surface area contributed by atoms with Crippen molar-refractivity contribution in [3.8, 4) is 11.5 Å². The number of benzene rings is 2. The SMILES string of the molecule is COc1cc(C(=O)NCCN2C(=O)S/C(=C\c3ccccc3)C2=O)ccc1OC(C)C. The maximum Gasteiger partial charge on any atom is 0.293 e. The summed E-state index contributed by atoms with van der Waals surface area (Å²) in [4.78, 5) is 38.8. The van der Waals surface area contributed by atoms with Gasteiger partial charge in [0.2, 0.25) is 0 Å². The van der Waals surface area contributed by atoms with Crippen molar-refractivity contribution in [2.45, 2.75) is 20.0 Å². The number of carbonyl (C=O) groups is 3. The van der Waals surface area contributed by atoms with Gasteiger partial charge in [0, 0.05) is 18.7 Å². The molecule has 2 aromatic carbocycles. The molecule has 1 fully saturated rings. The lowest BCUT2D eigenvalue weighted by molar-refractivity contribution is -0.122. The number of methoxy groups -OCH3 is 1. The first-order chi connectivity index (χ1) is 14.9. The van der Waals surface area contributed by atoms with E-state index >= 15 is 0 Å². The molecule has 0 atom stereocenters. The van der Waals surface area contributed by atoms with E-state index in [1.807, 2.05) is 44.2 Å². The molecule has 3 rings (SSSR count). The Labute approximate surface area is 185 Å². The van der Waals surface area contributed by atoms with Crippen LogP contribution < -0.4 is 14.8 Å². The van der Waals surface area contributed by atoms with E-state index in [9.17, 15) is 14.4 Å². The van der Waals surface area contributed by atoms with Crippen molar-refractivity contribution in [1.82, 2.24) is 10.2 Å². The second-order valence-corrected chi connectivity index (χ2v) is 8.03. The molecule has 0 saturated carbocycles. The monoisotopic (exact) mass is 440 g/mol. The van der Waals surface area contributed by atoms with Crippen LogP contribution in [0.5, 0.6) is 11.5 Å². The molecule has 0 aromatic heterocycles. The summed E-state index contributed by atoms with van der Waals surface area (Å²) < 4.78 is 10.9. The van der Waals surface area contributed by atoms with E-state index in [-0.39, 0.29) is 36.2 Å². The number of ether oxygens (including phenoxy) is 2. The Morgan fingerprint density at radius 2 is 1.87 bits per heavy atom. The largest absolute Gasteiger partial charge is 0.493 e. The summed E-state index contributed by atoms with van der Waals surface area (Å²) in [5.41, 5.74) is 1.24. The van der Waals surface area contributed by atoms with Crippen molar-refractivity contribution in [2.24, 2.45) is 0 Å². The maximum absolute atomic E-state index is 12.5. The number of amides is 3. The first-order valence-electron chi connectivity index (χ1n) is 9.82. The van der Waals surface area contributed by atoms with Crippen LogP contribution >= 0.6 is 11.8 Å². The van der Waals surface area contributed by atoms with E-state index in [0.29, 0.717) is 22.0 Å². The molecule has 3 amide bonds. The molecule has 8 heteroatoms. The Bertz CT molecular complexity index is 1000. The van der Waals surface area contributed by atoms with Crippen molar-refractivity contribution in [2.75, 3.05) is 20.2 Å². The van der Waals surface area contributed by atoms with Crippen LogP contribution in [0.25, 0.3) is 6.08 Å². The summed E-state index contributed by atoms with van der Waals surface area (Å²) in [6, 6.07) is 14.2. The minimum Gasteiger partial charge on any atom is -0.493 e. The van der Waals surface area contributed by atoms with Crippen LogP contribution in [-0.2, 0) is 4.79 Å². The summed E-state index contributed by atoms with van der Waals surface area (Å²) in [6.45, 7) is 4.04. The predicted octanol–water partition coefficient (Wildman–Crippen LogP) is 3.95. The molecule has 1 N–H and O–H groups in total. The van der Waals surface area contributed by atoms with E-state index in [2.05, 4.69) is 5.32 Å². The van der Waals surface area contributed by atoms with Crippen molar-refractivity contribution < 1.29 is 23.9 Å². The highest BCUT2D eigenvalue weighted by Gasteiger charge is 2.34. The highest BCUT2D eigenvalue weighted by atomic mass is 32.2.